The van der Waals surface area contributed by atoms with Crippen LogP contribution < -0.4 is 5.73 Å². The average molecular weight is 281 g/mol. The van der Waals surface area contributed by atoms with Crippen LogP contribution in [0.5, 0.6) is 0 Å². The Bertz CT molecular complexity index is 261. The number of hydrogen-bond donors (Lipinski definition) is 1. The van der Waals surface area contributed by atoms with Crippen LogP contribution in [0.25, 0.3) is 0 Å². The number of halogens is 1. The lowest BCUT2D eigenvalue weighted by Gasteiger charge is -2.12. The monoisotopic (exact) mass is 281 g/mol. The number of anilines is 1. The smallest absolute Gasteiger partial charge is 0.135 e. The van der Waals surface area contributed by atoms with Gasteiger partial charge in [-0.25, -0.2) is 4.68 Å². The van der Waals surface area contributed by atoms with Crippen LogP contribution >= 0.6 is 22.6 Å². The average Bonchev–Trinajstić information content (AvgIpc) is 2.34. The molecule has 0 saturated heterocycles. The molecule has 0 aliphatic heterocycles. The fourth-order valence-electron chi connectivity index (χ4n) is 1.01. The van der Waals surface area contributed by atoms with Crippen molar-refractivity contribution in [3.05, 3.63) is 9.77 Å². The number of rotatable bonds is 3. The quantitative estimate of drug-likeness (QED) is 0.849. The van der Waals surface area contributed by atoms with Crippen molar-refractivity contribution in [2.24, 2.45) is 0 Å². The highest BCUT2D eigenvalue weighted by atomic mass is 127. The molecule has 2 N–H and O–H groups in total. The highest BCUT2D eigenvalue weighted by Crippen LogP contribution is 2.17. The van der Waals surface area contributed by atoms with E-state index in [9.17, 15) is 0 Å². The third-order valence-corrected chi connectivity index (χ3v) is 2.44. The SMILES string of the molecule is COCC(C)n1ncc(I)c1N. The molecule has 0 aliphatic carbocycles. The standard InChI is InChI=1S/C7H12IN3O/c1-5(4-12-2)11-7(9)6(8)3-10-11/h3,5H,4,9H2,1-2H3. The van der Waals surface area contributed by atoms with Crippen molar-refractivity contribution < 1.29 is 4.74 Å². The van der Waals surface area contributed by atoms with E-state index in [1.54, 1.807) is 18.0 Å². The topological polar surface area (TPSA) is 53.1 Å². The van der Waals surface area contributed by atoms with E-state index in [2.05, 4.69) is 27.7 Å². The van der Waals surface area contributed by atoms with Gasteiger partial charge in [-0.15, -0.1) is 0 Å². The summed E-state index contributed by atoms with van der Waals surface area (Å²) in [6, 6.07) is 0.193. The van der Waals surface area contributed by atoms with E-state index in [1.165, 1.54) is 0 Å². The molecule has 0 radical (unpaired) electrons. The first-order valence-corrected chi connectivity index (χ1v) is 4.72. The fraction of sp³-hybridized carbons (Fsp3) is 0.571. The summed E-state index contributed by atoms with van der Waals surface area (Å²) in [6.45, 7) is 2.64. The van der Waals surface area contributed by atoms with E-state index in [0.29, 0.717) is 12.4 Å². The lowest BCUT2D eigenvalue weighted by molar-refractivity contribution is 0.158. The molecular weight excluding hydrogens is 269 g/mol. The van der Waals surface area contributed by atoms with Crippen molar-refractivity contribution in [3.63, 3.8) is 0 Å². The number of nitrogens with zero attached hydrogens (tertiary/aromatic N) is 2. The maximum atomic E-state index is 5.77. The number of nitrogen functional groups attached to an aromatic ring is 1. The Balaban J connectivity index is 2.80. The van der Waals surface area contributed by atoms with Crippen LogP contribution in [0.1, 0.15) is 13.0 Å². The summed E-state index contributed by atoms with van der Waals surface area (Å²) < 4.78 is 7.75. The van der Waals surface area contributed by atoms with Crippen LogP contribution in [0.4, 0.5) is 5.82 Å². The van der Waals surface area contributed by atoms with Crippen LogP contribution in [0.15, 0.2) is 6.20 Å². The van der Waals surface area contributed by atoms with Gasteiger partial charge in [0.25, 0.3) is 0 Å². The lowest BCUT2D eigenvalue weighted by atomic mass is 10.4. The second-order valence-electron chi connectivity index (χ2n) is 2.63. The molecule has 0 fully saturated rings. The molecule has 1 heterocycles. The number of methoxy groups -OCH3 is 1. The van der Waals surface area contributed by atoms with Crippen LogP contribution in [-0.4, -0.2) is 23.5 Å². The van der Waals surface area contributed by atoms with Gasteiger partial charge in [0.15, 0.2) is 0 Å². The van der Waals surface area contributed by atoms with Gasteiger partial charge in [0.2, 0.25) is 0 Å². The van der Waals surface area contributed by atoms with Crippen molar-refractivity contribution >= 4 is 28.4 Å². The van der Waals surface area contributed by atoms with Crippen molar-refractivity contribution in [2.45, 2.75) is 13.0 Å². The van der Waals surface area contributed by atoms with Crippen LogP contribution in [0.2, 0.25) is 0 Å². The molecule has 1 rings (SSSR count). The zero-order chi connectivity index (χ0) is 9.14. The summed E-state index contributed by atoms with van der Waals surface area (Å²) in [7, 11) is 1.67. The third-order valence-electron chi connectivity index (χ3n) is 1.61. The van der Waals surface area contributed by atoms with Gasteiger partial charge in [0.05, 0.1) is 22.4 Å². The molecular formula is C7H12IN3O. The number of nitrogens with two attached hydrogens (primary N) is 1. The zero-order valence-corrected chi connectivity index (χ0v) is 9.28. The molecule has 12 heavy (non-hydrogen) atoms. The second kappa shape index (κ2) is 4.08. The van der Waals surface area contributed by atoms with Gasteiger partial charge < -0.3 is 10.5 Å². The molecule has 68 valence electrons. The first-order valence-electron chi connectivity index (χ1n) is 3.64. The summed E-state index contributed by atoms with van der Waals surface area (Å²) in [4.78, 5) is 0. The fourth-order valence-corrected chi connectivity index (χ4v) is 1.39. The second-order valence-corrected chi connectivity index (χ2v) is 3.79. The maximum Gasteiger partial charge on any atom is 0.135 e. The van der Waals surface area contributed by atoms with E-state index in [-0.39, 0.29) is 6.04 Å². The summed E-state index contributed by atoms with van der Waals surface area (Å²) in [5.41, 5.74) is 5.77. The Hall–Kier alpha value is -0.300. The molecule has 0 spiro atoms. The summed E-state index contributed by atoms with van der Waals surface area (Å²) >= 11 is 2.16. The maximum absolute atomic E-state index is 5.77. The van der Waals surface area contributed by atoms with E-state index >= 15 is 0 Å². The molecule has 1 aromatic heterocycles. The Labute approximate surface area is 85.2 Å². The van der Waals surface area contributed by atoms with Crippen molar-refractivity contribution in [1.82, 2.24) is 9.78 Å². The summed E-state index contributed by atoms with van der Waals surface area (Å²) in [5.74, 6) is 0.708. The minimum atomic E-state index is 0.193. The lowest BCUT2D eigenvalue weighted by Crippen LogP contribution is -2.14. The third kappa shape index (κ3) is 1.89. The van der Waals surface area contributed by atoms with Crippen molar-refractivity contribution in [2.75, 3.05) is 19.5 Å². The molecule has 1 unspecified atom stereocenters. The first kappa shape index (κ1) is 9.79. The Morgan fingerprint density at radius 1 is 1.83 bits per heavy atom. The van der Waals surface area contributed by atoms with Crippen LogP contribution in [0, 0.1) is 3.57 Å². The van der Waals surface area contributed by atoms with Gasteiger partial charge in [-0.05, 0) is 29.5 Å². The van der Waals surface area contributed by atoms with Gasteiger partial charge in [-0.1, -0.05) is 0 Å². The molecule has 0 bridgehead atoms. The first-order chi connectivity index (χ1) is 5.66. The van der Waals surface area contributed by atoms with Gasteiger partial charge in [-0.3, -0.25) is 0 Å². The molecule has 0 aliphatic rings. The molecule has 4 nitrogen and oxygen atoms in total. The normalized spacial score (nSPS) is 13.2. The van der Waals surface area contributed by atoms with E-state index in [1.807, 2.05) is 6.92 Å². The number of aromatic nitrogens is 2. The predicted molar refractivity (Wildman–Crippen MR) is 55.9 cm³/mol. The summed E-state index contributed by atoms with van der Waals surface area (Å²) in [6.07, 6.45) is 1.75. The van der Waals surface area contributed by atoms with Crippen molar-refractivity contribution in [3.8, 4) is 0 Å². The van der Waals surface area contributed by atoms with Crippen molar-refractivity contribution in [1.29, 1.82) is 0 Å². The largest absolute Gasteiger partial charge is 0.383 e. The van der Waals surface area contributed by atoms with Gasteiger partial charge in [0.1, 0.15) is 5.82 Å². The highest BCUT2D eigenvalue weighted by Gasteiger charge is 2.10. The van der Waals surface area contributed by atoms with Gasteiger partial charge >= 0.3 is 0 Å². The van der Waals surface area contributed by atoms with E-state index in [0.717, 1.165) is 3.57 Å². The molecule has 1 aromatic rings. The minimum Gasteiger partial charge on any atom is -0.383 e. The number of ether oxygens (including phenoxy) is 1. The molecule has 1 atom stereocenters. The van der Waals surface area contributed by atoms with Gasteiger partial charge in [-0.2, -0.15) is 5.10 Å². The Morgan fingerprint density at radius 2 is 2.50 bits per heavy atom. The molecule has 0 saturated carbocycles. The van der Waals surface area contributed by atoms with Crippen LogP contribution in [0.3, 0.4) is 0 Å². The predicted octanol–water partition coefficient (Wildman–Crippen LogP) is 1.28. The van der Waals surface area contributed by atoms with Crippen LogP contribution in [-0.2, 0) is 4.74 Å². The summed E-state index contributed by atoms with van der Waals surface area (Å²) in [5, 5.41) is 4.14. The van der Waals surface area contributed by atoms with E-state index in [4.69, 9.17) is 10.5 Å². The minimum absolute atomic E-state index is 0.193. The Morgan fingerprint density at radius 3 is 2.92 bits per heavy atom. The zero-order valence-electron chi connectivity index (χ0n) is 7.12. The Kier molecular flexibility index (Phi) is 3.33. The van der Waals surface area contributed by atoms with Gasteiger partial charge in [0, 0.05) is 7.11 Å². The number of hydrogen-bond acceptors (Lipinski definition) is 3. The molecule has 0 aromatic carbocycles. The highest BCUT2D eigenvalue weighted by molar-refractivity contribution is 14.1. The van der Waals surface area contributed by atoms with E-state index < -0.39 is 0 Å². The molecule has 0 amide bonds. The molecule has 5 heteroatoms.